The summed E-state index contributed by atoms with van der Waals surface area (Å²) >= 11 is 3.48. The summed E-state index contributed by atoms with van der Waals surface area (Å²) in [6.45, 7) is 3.10. The van der Waals surface area contributed by atoms with Gasteiger partial charge in [-0.05, 0) is 36.3 Å². The molecule has 1 fully saturated rings. The number of hydrogen-bond acceptors (Lipinski definition) is 2. The zero-order valence-corrected chi connectivity index (χ0v) is 14.6. The average Bonchev–Trinajstić information content (AvgIpc) is 2.57. The average molecular weight is 355 g/mol. The van der Waals surface area contributed by atoms with Crippen LogP contribution in [0.4, 0.5) is 0 Å². The summed E-state index contributed by atoms with van der Waals surface area (Å²) < 4.78 is 4.39. The Labute approximate surface area is 137 Å². The van der Waals surface area contributed by atoms with Gasteiger partial charge in [0, 0.05) is 5.33 Å². The van der Waals surface area contributed by atoms with Crippen molar-refractivity contribution < 1.29 is 9.53 Å². The molecule has 21 heavy (non-hydrogen) atoms. The lowest BCUT2D eigenvalue weighted by atomic mass is 9.84. The summed E-state index contributed by atoms with van der Waals surface area (Å²) in [5.74, 6) is 0.841. The number of halogens is 1. The smallest absolute Gasteiger partial charge is 0.293 e. The first-order valence-corrected chi connectivity index (χ1v) is 9.14. The van der Waals surface area contributed by atoms with Gasteiger partial charge in [0.2, 0.25) is 0 Å². The molecule has 2 nitrogen and oxygen atoms in total. The Morgan fingerprint density at radius 2 is 1.86 bits per heavy atom. The van der Waals surface area contributed by atoms with Crippen molar-refractivity contribution in [1.29, 1.82) is 0 Å². The van der Waals surface area contributed by atoms with Crippen molar-refractivity contribution in [2.24, 2.45) is 0 Å². The molecule has 0 saturated heterocycles. The van der Waals surface area contributed by atoms with Crippen LogP contribution in [-0.4, -0.2) is 13.1 Å². The van der Waals surface area contributed by atoms with Crippen LogP contribution >= 0.6 is 15.9 Å². The second-order valence-electron chi connectivity index (χ2n) is 5.53. The van der Waals surface area contributed by atoms with Gasteiger partial charge >= 0.3 is 0 Å². The highest BCUT2D eigenvalue weighted by molar-refractivity contribution is 9.08. The largest absolute Gasteiger partial charge is 0.468 e. The van der Waals surface area contributed by atoms with Crippen LogP contribution in [-0.2, 0) is 14.9 Å². The molecule has 1 aromatic carbocycles. The van der Waals surface area contributed by atoms with E-state index in [4.69, 9.17) is 0 Å². The van der Waals surface area contributed by atoms with Crippen LogP contribution in [0, 0.1) is 0 Å². The number of carbonyl (C=O) groups excluding carboxylic acids is 1. The quantitative estimate of drug-likeness (QED) is 0.378. The third kappa shape index (κ3) is 7.66. The lowest BCUT2D eigenvalue weighted by Gasteiger charge is -2.21. The minimum atomic E-state index is 0.482. The van der Waals surface area contributed by atoms with E-state index in [2.05, 4.69) is 44.9 Å². The Morgan fingerprint density at radius 1 is 1.19 bits per heavy atom. The van der Waals surface area contributed by atoms with E-state index in [1.165, 1.54) is 37.7 Å². The van der Waals surface area contributed by atoms with Gasteiger partial charge in [-0.3, -0.25) is 4.79 Å². The summed E-state index contributed by atoms with van der Waals surface area (Å²) in [6.07, 6.45) is 9.12. The van der Waals surface area contributed by atoms with Crippen molar-refractivity contribution in [3.63, 3.8) is 0 Å². The molecular weight excluding hydrogens is 328 g/mol. The molecule has 2 rings (SSSR count). The topological polar surface area (TPSA) is 26.3 Å². The van der Waals surface area contributed by atoms with Crippen LogP contribution in [0.5, 0.6) is 0 Å². The first kappa shape index (κ1) is 18.2. The number of ether oxygens (including phenoxy) is 1. The Kier molecular flexibility index (Phi) is 10.2. The molecule has 0 aliphatic heterocycles. The van der Waals surface area contributed by atoms with Crippen LogP contribution in [0.3, 0.4) is 0 Å². The number of unbranched alkanes of at least 4 members (excludes halogenated alkanes) is 1. The van der Waals surface area contributed by atoms with Crippen molar-refractivity contribution in [3.8, 4) is 0 Å². The Balaban J connectivity index is 0.000000270. The molecule has 0 aromatic heterocycles. The van der Waals surface area contributed by atoms with Gasteiger partial charge in [0.25, 0.3) is 6.47 Å². The van der Waals surface area contributed by atoms with E-state index in [-0.39, 0.29) is 0 Å². The van der Waals surface area contributed by atoms with Crippen molar-refractivity contribution in [3.05, 3.63) is 35.4 Å². The molecule has 1 aromatic rings. The lowest BCUT2D eigenvalue weighted by Crippen LogP contribution is -2.04. The Morgan fingerprint density at radius 3 is 2.38 bits per heavy atom. The van der Waals surface area contributed by atoms with Crippen molar-refractivity contribution in [2.75, 3.05) is 6.61 Å². The predicted octanol–water partition coefficient (Wildman–Crippen LogP) is 5.59. The van der Waals surface area contributed by atoms with Gasteiger partial charge in [-0.25, -0.2) is 0 Å². The minimum Gasteiger partial charge on any atom is -0.468 e. The molecule has 0 atom stereocenters. The number of hydrogen-bond donors (Lipinski definition) is 0. The van der Waals surface area contributed by atoms with Gasteiger partial charge in [-0.15, -0.1) is 0 Å². The molecule has 1 saturated carbocycles. The predicted molar refractivity (Wildman–Crippen MR) is 91.8 cm³/mol. The highest BCUT2D eigenvalue weighted by atomic mass is 79.9. The molecule has 0 radical (unpaired) electrons. The van der Waals surface area contributed by atoms with Gasteiger partial charge in [0.05, 0.1) is 6.61 Å². The molecule has 0 N–H and O–H groups in total. The minimum absolute atomic E-state index is 0.482. The maximum atomic E-state index is 9.46. The highest BCUT2D eigenvalue weighted by Crippen LogP contribution is 2.32. The molecule has 118 valence electrons. The summed E-state index contributed by atoms with van der Waals surface area (Å²) in [4.78, 5) is 9.46. The first-order chi connectivity index (χ1) is 10.3. The summed E-state index contributed by atoms with van der Waals surface area (Å²) in [5, 5.41) is 0.970. The Bertz CT molecular complexity index is 369. The summed E-state index contributed by atoms with van der Waals surface area (Å²) in [5.41, 5.74) is 2.93. The van der Waals surface area contributed by atoms with Crippen molar-refractivity contribution in [2.45, 2.75) is 63.1 Å². The second-order valence-corrected chi connectivity index (χ2v) is 6.09. The van der Waals surface area contributed by atoms with Gasteiger partial charge in [0.15, 0.2) is 0 Å². The monoisotopic (exact) mass is 354 g/mol. The molecule has 0 spiro atoms. The van der Waals surface area contributed by atoms with E-state index in [1.807, 2.05) is 6.92 Å². The van der Waals surface area contributed by atoms with Crippen LogP contribution in [0.2, 0.25) is 0 Å². The van der Waals surface area contributed by atoms with Gasteiger partial charge < -0.3 is 4.74 Å². The number of benzene rings is 1. The van der Waals surface area contributed by atoms with E-state index in [9.17, 15) is 4.79 Å². The van der Waals surface area contributed by atoms with Crippen LogP contribution < -0.4 is 0 Å². The van der Waals surface area contributed by atoms with Crippen molar-refractivity contribution >= 4 is 22.4 Å². The van der Waals surface area contributed by atoms with Gasteiger partial charge in [0.1, 0.15) is 0 Å². The molecule has 0 amide bonds. The standard InChI is InChI=1S/C13H17Br.C5H10O2/c14-10-11-6-8-13(9-7-11)12-4-2-1-3-5-12;1-2-3-4-7-5-6/h6-9,12H,1-5,10H2;5H,2-4H2,1H3. The normalized spacial score (nSPS) is 15.0. The summed E-state index contributed by atoms with van der Waals surface area (Å²) in [7, 11) is 0. The fourth-order valence-corrected chi connectivity index (χ4v) is 2.96. The maximum absolute atomic E-state index is 9.46. The molecule has 1 aliphatic carbocycles. The van der Waals surface area contributed by atoms with Gasteiger partial charge in [-0.2, -0.15) is 0 Å². The maximum Gasteiger partial charge on any atom is 0.293 e. The molecular formula is C18H27BrO2. The van der Waals surface area contributed by atoms with E-state index in [1.54, 1.807) is 5.56 Å². The van der Waals surface area contributed by atoms with Crippen LogP contribution in [0.25, 0.3) is 0 Å². The third-order valence-corrected chi connectivity index (χ3v) is 4.54. The number of alkyl halides is 1. The first-order valence-electron chi connectivity index (χ1n) is 8.01. The second kappa shape index (κ2) is 11.8. The molecule has 0 unspecified atom stereocenters. The van der Waals surface area contributed by atoms with E-state index in [0.717, 1.165) is 24.1 Å². The zero-order chi connectivity index (χ0) is 15.3. The highest BCUT2D eigenvalue weighted by Gasteiger charge is 2.14. The zero-order valence-electron chi connectivity index (χ0n) is 13.0. The Hall–Kier alpha value is -0.830. The van der Waals surface area contributed by atoms with Crippen LogP contribution in [0.1, 0.15) is 68.9 Å². The molecule has 3 heteroatoms. The fourth-order valence-electron chi connectivity index (χ4n) is 2.59. The SMILES string of the molecule is BrCc1ccc(C2CCCCC2)cc1.CCCCOC=O. The van der Waals surface area contributed by atoms with Crippen LogP contribution in [0.15, 0.2) is 24.3 Å². The molecule has 1 aliphatic rings. The van der Waals surface area contributed by atoms with E-state index >= 15 is 0 Å². The third-order valence-electron chi connectivity index (χ3n) is 3.89. The fraction of sp³-hybridized carbons (Fsp3) is 0.611. The van der Waals surface area contributed by atoms with E-state index in [0.29, 0.717) is 13.1 Å². The molecule has 0 bridgehead atoms. The number of rotatable bonds is 6. The van der Waals surface area contributed by atoms with Crippen molar-refractivity contribution in [1.82, 2.24) is 0 Å². The summed E-state index contributed by atoms with van der Waals surface area (Å²) in [6, 6.07) is 9.12. The van der Waals surface area contributed by atoms with E-state index < -0.39 is 0 Å². The van der Waals surface area contributed by atoms with Gasteiger partial charge in [-0.1, -0.05) is 72.8 Å². The number of carbonyl (C=O) groups is 1. The molecule has 0 heterocycles. The lowest BCUT2D eigenvalue weighted by molar-refractivity contribution is -0.128.